The van der Waals surface area contributed by atoms with Crippen molar-refractivity contribution in [3.63, 3.8) is 0 Å². The van der Waals surface area contributed by atoms with Crippen molar-refractivity contribution in [2.75, 3.05) is 6.61 Å². The van der Waals surface area contributed by atoms with Crippen molar-refractivity contribution < 1.29 is 18.3 Å². The summed E-state index contributed by atoms with van der Waals surface area (Å²) in [6.45, 7) is -0.397. The zero-order chi connectivity index (χ0) is 9.12. The molecule has 0 amide bonds. The van der Waals surface area contributed by atoms with Crippen LogP contribution in [0.4, 0.5) is 13.2 Å². The van der Waals surface area contributed by atoms with E-state index in [4.69, 9.17) is 16.7 Å². The molecule has 0 radical (unpaired) electrons. The van der Waals surface area contributed by atoms with Gasteiger partial charge in [0.25, 0.3) is 5.13 Å². The topological polar surface area (TPSA) is 20.2 Å². The van der Waals surface area contributed by atoms with Gasteiger partial charge in [-0.2, -0.15) is 8.78 Å². The smallest absolute Gasteiger partial charge is 0.368 e. The lowest BCUT2D eigenvalue weighted by atomic mass is 10.2. The highest BCUT2D eigenvalue weighted by Crippen LogP contribution is 2.42. The quantitative estimate of drug-likeness (QED) is 0.708. The molecule has 0 aromatic rings. The fourth-order valence-corrected chi connectivity index (χ4v) is 0.671. The summed E-state index contributed by atoms with van der Waals surface area (Å²) in [5.74, 6) is 0. The molecule has 0 saturated carbocycles. The number of halogens is 5. The molecule has 1 atom stereocenters. The van der Waals surface area contributed by atoms with Crippen LogP contribution in [-0.4, -0.2) is 22.2 Å². The zero-order valence-electron chi connectivity index (χ0n) is 5.46. The van der Waals surface area contributed by atoms with Crippen molar-refractivity contribution >= 4 is 23.2 Å². The predicted molar refractivity (Wildman–Crippen MR) is 36.8 cm³/mol. The first-order valence-electron chi connectivity index (χ1n) is 2.86. The van der Waals surface area contributed by atoms with Gasteiger partial charge in [-0.15, -0.1) is 0 Å². The van der Waals surface area contributed by atoms with E-state index < -0.39 is 23.5 Å². The molecular formula is C5H7Cl2F3O. The summed E-state index contributed by atoms with van der Waals surface area (Å²) in [6, 6.07) is 0. The van der Waals surface area contributed by atoms with Crippen molar-refractivity contribution in [3.05, 3.63) is 0 Å². The maximum atomic E-state index is 12.6. The molecule has 0 aliphatic rings. The lowest BCUT2D eigenvalue weighted by Gasteiger charge is -2.21. The molecule has 0 heterocycles. The SMILES string of the molecule is OCCCC(F)(Cl)C(F)(F)Cl. The van der Waals surface area contributed by atoms with Crippen LogP contribution in [0.25, 0.3) is 0 Å². The molecule has 0 spiro atoms. The molecular weight excluding hydrogens is 204 g/mol. The van der Waals surface area contributed by atoms with E-state index in [1.54, 1.807) is 0 Å². The highest BCUT2D eigenvalue weighted by Gasteiger charge is 2.51. The third kappa shape index (κ3) is 3.49. The van der Waals surface area contributed by atoms with Crippen LogP contribution in [0.15, 0.2) is 0 Å². The van der Waals surface area contributed by atoms with Gasteiger partial charge in [0.2, 0.25) is 0 Å². The predicted octanol–water partition coefficient (Wildman–Crippen LogP) is 2.50. The molecule has 6 heteroatoms. The normalized spacial score (nSPS) is 18.0. The Balaban J connectivity index is 4.00. The largest absolute Gasteiger partial charge is 0.396 e. The summed E-state index contributed by atoms with van der Waals surface area (Å²) in [6.07, 6.45) is -0.829. The molecule has 1 N–H and O–H groups in total. The van der Waals surface area contributed by atoms with Crippen molar-refractivity contribution in [1.29, 1.82) is 0 Å². The summed E-state index contributed by atoms with van der Waals surface area (Å²) in [4.78, 5) is 0. The number of hydrogen-bond acceptors (Lipinski definition) is 1. The maximum absolute atomic E-state index is 12.6. The van der Waals surface area contributed by atoms with Crippen LogP contribution in [0.2, 0.25) is 0 Å². The van der Waals surface area contributed by atoms with Gasteiger partial charge in [0, 0.05) is 13.0 Å². The van der Waals surface area contributed by atoms with Crippen LogP contribution in [0.1, 0.15) is 12.8 Å². The van der Waals surface area contributed by atoms with Gasteiger partial charge in [0.15, 0.2) is 0 Å². The fraction of sp³-hybridized carbons (Fsp3) is 1.00. The van der Waals surface area contributed by atoms with Crippen molar-refractivity contribution in [2.45, 2.75) is 23.4 Å². The summed E-state index contributed by atoms with van der Waals surface area (Å²) in [7, 11) is 0. The van der Waals surface area contributed by atoms with Gasteiger partial charge in [-0.05, 0) is 18.0 Å². The second-order valence-electron chi connectivity index (χ2n) is 2.03. The Morgan fingerprint density at radius 1 is 1.18 bits per heavy atom. The van der Waals surface area contributed by atoms with Gasteiger partial charge >= 0.3 is 5.38 Å². The third-order valence-electron chi connectivity index (χ3n) is 1.06. The molecule has 1 nitrogen and oxygen atoms in total. The van der Waals surface area contributed by atoms with Crippen LogP contribution in [0.5, 0.6) is 0 Å². The van der Waals surface area contributed by atoms with Gasteiger partial charge in [-0.1, -0.05) is 11.6 Å². The lowest BCUT2D eigenvalue weighted by molar-refractivity contribution is -0.0264. The summed E-state index contributed by atoms with van der Waals surface area (Å²) in [5, 5.41) is 0.822. The van der Waals surface area contributed by atoms with Gasteiger partial charge in [-0.3, -0.25) is 0 Å². The molecule has 68 valence electrons. The molecule has 0 rings (SSSR count). The number of rotatable bonds is 4. The van der Waals surface area contributed by atoms with Crippen molar-refractivity contribution in [2.24, 2.45) is 0 Å². The van der Waals surface area contributed by atoms with E-state index in [1.807, 2.05) is 0 Å². The fourth-order valence-electron chi connectivity index (χ4n) is 0.443. The van der Waals surface area contributed by atoms with Gasteiger partial charge in [-0.25, -0.2) is 4.39 Å². The van der Waals surface area contributed by atoms with Crippen LogP contribution in [0, 0.1) is 0 Å². The highest BCUT2D eigenvalue weighted by atomic mass is 35.5. The Morgan fingerprint density at radius 3 is 1.91 bits per heavy atom. The van der Waals surface area contributed by atoms with Crippen LogP contribution >= 0.6 is 23.2 Å². The first-order chi connectivity index (χ1) is 4.81. The minimum Gasteiger partial charge on any atom is -0.396 e. The minimum absolute atomic E-state index is 0.150. The first kappa shape index (κ1) is 11.3. The van der Waals surface area contributed by atoms with Crippen LogP contribution < -0.4 is 0 Å². The Hall–Kier alpha value is 0.330. The molecule has 0 bridgehead atoms. The van der Waals surface area contributed by atoms with E-state index in [-0.39, 0.29) is 6.42 Å². The van der Waals surface area contributed by atoms with Crippen molar-refractivity contribution in [3.8, 4) is 0 Å². The second kappa shape index (κ2) is 3.83. The molecule has 1 unspecified atom stereocenters. The average Bonchev–Trinajstić information content (AvgIpc) is 1.81. The van der Waals surface area contributed by atoms with E-state index in [9.17, 15) is 13.2 Å². The second-order valence-corrected chi connectivity index (χ2v) is 3.10. The molecule has 0 fully saturated rings. The lowest BCUT2D eigenvalue weighted by Crippen LogP contribution is -2.34. The summed E-state index contributed by atoms with van der Waals surface area (Å²) < 4.78 is 36.6. The first-order valence-corrected chi connectivity index (χ1v) is 3.62. The van der Waals surface area contributed by atoms with Crippen LogP contribution in [0.3, 0.4) is 0 Å². The Labute approximate surface area is 72.1 Å². The average molecular weight is 211 g/mol. The molecule has 0 aromatic heterocycles. The third-order valence-corrected chi connectivity index (χ3v) is 1.89. The maximum Gasteiger partial charge on any atom is 0.368 e. The van der Waals surface area contributed by atoms with E-state index in [1.165, 1.54) is 0 Å². The molecule has 0 aromatic carbocycles. The molecule has 0 saturated heterocycles. The Morgan fingerprint density at radius 2 is 1.64 bits per heavy atom. The number of aliphatic hydroxyl groups is 1. The number of alkyl halides is 5. The number of hydrogen-bond donors (Lipinski definition) is 1. The van der Waals surface area contributed by atoms with Crippen LogP contribution in [-0.2, 0) is 0 Å². The monoisotopic (exact) mass is 210 g/mol. The zero-order valence-corrected chi connectivity index (χ0v) is 6.97. The number of aliphatic hydroxyl groups excluding tert-OH is 1. The van der Waals surface area contributed by atoms with Crippen molar-refractivity contribution in [1.82, 2.24) is 0 Å². The standard InChI is InChI=1S/C5H7Cl2F3O/c6-4(8,2-1-3-11)5(7,9)10/h11H,1-3H2. The van der Waals surface area contributed by atoms with Gasteiger partial charge in [0.05, 0.1) is 0 Å². The Bertz CT molecular complexity index is 123. The van der Waals surface area contributed by atoms with Gasteiger partial charge < -0.3 is 5.11 Å². The van der Waals surface area contributed by atoms with E-state index in [0.29, 0.717) is 0 Å². The molecule has 11 heavy (non-hydrogen) atoms. The van der Waals surface area contributed by atoms with E-state index in [0.717, 1.165) is 0 Å². The van der Waals surface area contributed by atoms with E-state index in [2.05, 4.69) is 11.6 Å². The highest BCUT2D eigenvalue weighted by molar-refractivity contribution is 6.32. The molecule has 0 aliphatic carbocycles. The summed E-state index contributed by atoms with van der Waals surface area (Å²) >= 11 is 9.07. The minimum atomic E-state index is -4.09. The van der Waals surface area contributed by atoms with Gasteiger partial charge in [0.1, 0.15) is 0 Å². The molecule has 0 aliphatic heterocycles. The van der Waals surface area contributed by atoms with E-state index >= 15 is 0 Å². The Kier molecular flexibility index (Phi) is 3.94. The summed E-state index contributed by atoms with van der Waals surface area (Å²) in [5.41, 5.74) is 0.